The van der Waals surface area contributed by atoms with E-state index in [9.17, 15) is 4.79 Å². The lowest BCUT2D eigenvalue weighted by Gasteiger charge is -2.19. The molecule has 106 valence electrons. The minimum atomic E-state index is -0.0195. The van der Waals surface area contributed by atoms with Gasteiger partial charge in [0.05, 0.1) is 6.61 Å². The van der Waals surface area contributed by atoms with Crippen molar-refractivity contribution in [2.45, 2.75) is 27.2 Å². The maximum absolute atomic E-state index is 12.3. The minimum Gasteiger partial charge on any atom is -0.494 e. The summed E-state index contributed by atoms with van der Waals surface area (Å²) in [5.74, 6) is 1.20. The summed E-state index contributed by atoms with van der Waals surface area (Å²) in [6, 6.07) is 5.17. The highest BCUT2D eigenvalue weighted by Gasteiger charge is 2.13. The quantitative estimate of drug-likeness (QED) is 0.804. The number of nitrogens with zero attached hydrogens (tertiary/aromatic N) is 1. The van der Waals surface area contributed by atoms with E-state index in [0.717, 1.165) is 13.0 Å². The summed E-state index contributed by atoms with van der Waals surface area (Å²) in [5.41, 5.74) is 6.93. The van der Waals surface area contributed by atoms with Gasteiger partial charge in [-0.3, -0.25) is 4.79 Å². The Hall–Kier alpha value is -1.71. The zero-order valence-electron chi connectivity index (χ0n) is 12.3. The Morgan fingerprint density at radius 2 is 2.05 bits per heavy atom. The SMILES string of the molecule is CCOc1cc(N)cc(C(=O)N(C)CCC(C)C)c1. The summed E-state index contributed by atoms with van der Waals surface area (Å²) in [7, 11) is 1.81. The molecule has 19 heavy (non-hydrogen) atoms. The van der Waals surface area contributed by atoms with Crippen LogP contribution in [0.2, 0.25) is 0 Å². The van der Waals surface area contributed by atoms with Crippen molar-refractivity contribution >= 4 is 11.6 Å². The predicted molar refractivity (Wildman–Crippen MR) is 78.4 cm³/mol. The van der Waals surface area contributed by atoms with Crippen LogP contribution in [0.3, 0.4) is 0 Å². The van der Waals surface area contributed by atoms with Crippen molar-refractivity contribution in [2.75, 3.05) is 25.9 Å². The Balaban J connectivity index is 2.80. The number of hydrogen-bond donors (Lipinski definition) is 1. The summed E-state index contributed by atoms with van der Waals surface area (Å²) in [4.78, 5) is 14.0. The first-order valence-corrected chi connectivity index (χ1v) is 6.72. The first-order chi connectivity index (χ1) is 8.93. The Morgan fingerprint density at radius 1 is 1.37 bits per heavy atom. The number of ether oxygens (including phenoxy) is 1. The van der Waals surface area contributed by atoms with Gasteiger partial charge in [0, 0.05) is 30.9 Å². The molecule has 1 aromatic rings. The molecular weight excluding hydrogens is 240 g/mol. The molecule has 0 aliphatic heterocycles. The number of amides is 1. The summed E-state index contributed by atoms with van der Waals surface area (Å²) >= 11 is 0. The van der Waals surface area contributed by atoms with E-state index in [-0.39, 0.29) is 5.91 Å². The van der Waals surface area contributed by atoms with Gasteiger partial charge in [-0.2, -0.15) is 0 Å². The molecule has 0 unspecified atom stereocenters. The number of benzene rings is 1. The number of hydrogen-bond acceptors (Lipinski definition) is 3. The Morgan fingerprint density at radius 3 is 2.63 bits per heavy atom. The van der Waals surface area contributed by atoms with E-state index in [1.165, 1.54) is 0 Å². The van der Waals surface area contributed by atoms with Crippen LogP contribution in [-0.2, 0) is 0 Å². The van der Waals surface area contributed by atoms with E-state index < -0.39 is 0 Å². The second kappa shape index (κ2) is 7.02. The van der Waals surface area contributed by atoms with Crippen molar-refractivity contribution in [3.05, 3.63) is 23.8 Å². The second-order valence-corrected chi connectivity index (χ2v) is 5.13. The molecule has 1 rings (SSSR count). The highest BCUT2D eigenvalue weighted by atomic mass is 16.5. The zero-order chi connectivity index (χ0) is 14.4. The van der Waals surface area contributed by atoms with Crippen LogP contribution in [0.4, 0.5) is 5.69 Å². The number of carbonyl (C=O) groups excluding carboxylic acids is 1. The van der Waals surface area contributed by atoms with Crippen LogP contribution in [0, 0.1) is 5.92 Å². The van der Waals surface area contributed by atoms with Crippen LogP contribution in [0.15, 0.2) is 18.2 Å². The van der Waals surface area contributed by atoms with E-state index in [2.05, 4.69) is 13.8 Å². The molecule has 4 heteroatoms. The molecule has 0 saturated heterocycles. The molecule has 0 spiro atoms. The molecule has 0 aliphatic rings. The maximum Gasteiger partial charge on any atom is 0.253 e. The van der Waals surface area contributed by atoms with Gasteiger partial charge >= 0.3 is 0 Å². The first-order valence-electron chi connectivity index (χ1n) is 6.72. The van der Waals surface area contributed by atoms with Crippen molar-refractivity contribution < 1.29 is 9.53 Å². The third kappa shape index (κ3) is 4.81. The highest BCUT2D eigenvalue weighted by Crippen LogP contribution is 2.20. The number of anilines is 1. The molecule has 2 N–H and O–H groups in total. The predicted octanol–water partition coefficient (Wildman–Crippen LogP) is 2.79. The van der Waals surface area contributed by atoms with Crippen molar-refractivity contribution in [1.82, 2.24) is 4.90 Å². The largest absolute Gasteiger partial charge is 0.494 e. The molecule has 0 heterocycles. The smallest absolute Gasteiger partial charge is 0.253 e. The normalized spacial score (nSPS) is 10.6. The van der Waals surface area contributed by atoms with Crippen molar-refractivity contribution in [3.8, 4) is 5.75 Å². The average Bonchev–Trinajstić information content (AvgIpc) is 2.34. The lowest BCUT2D eigenvalue weighted by atomic mass is 10.1. The Kier molecular flexibility index (Phi) is 5.67. The van der Waals surface area contributed by atoms with Crippen LogP contribution in [-0.4, -0.2) is 31.0 Å². The fraction of sp³-hybridized carbons (Fsp3) is 0.533. The summed E-state index contributed by atoms with van der Waals surface area (Å²) in [6.07, 6.45) is 0.989. The van der Waals surface area contributed by atoms with E-state index >= 15 is 0 Å². The van der Waals surface area contributed by atoms with Gasteiger partial charge in [-0.15, -0.1) is 0 Å². The molecule has 0 atom stereocenters. The molecule has 0 radical (unpaired) electrons. The molecule has 4 nitrogen and oxygen atoms in total. The Bertz CT molecular complexity index is 430. The standard InChI is InChI=1S/C15H24N2O2/c1-5-19-14-9-12(8-13(16)10-14)15(18)17(4)7-6-11(2)3/h8-11H,5-7,16H2,1-4H3. The molecule has 0 bridgehead atoms. The molecular formula is C15H24N2O2. The topological polar surface area (TPSA) is 55.6 Å². The average molecular weight is 264 g/mol. The van der Waals surface area contributed by atoms with Gasteiger partial charge in [-0.1, -0.05) is 13.8 Å². The van der Waals surface area contributed by atoms with Gasteiger partial charge in [0.1, 0.15) is 5.75 Å². The Labute approximate surface area is 115 Å². The van der Waals surface area contributed by atoms with Crippen LogP contribution in [0.5, 0.6) is 5.75 Å². The molecule has 1 aromatic carbocycles. The van der Waals surface area contributed by atoms with E-state index in [0.29, 0.717) is 29.5 Å². The molecule has 0 fully saturated rings. The van der Waals surface area contributed by atoms with Crippen LogP contribution in [0.25, 0.3) is 0 Å². The first kappa shape index (κ1) is 15.3. The summed E-state index contributed by atoms with van der Waals surface area (Å²) in [6.45, 7) is 7.49. The van der Waals surface area contributed by atoms with Crippen molar-refractivity contribution in [2.24, 2.45) is 5.92 Å². The van der Waals surface area contributed by atoms with Gasteiger partial charge < -0.3 is 15.4 Å². The second-order valence-electron chi connectivity index (χ2n) is 5.13. The fourth-order valence-electron chi connectivity index (χ4n) is 1.77. The minimum absolute atomic E-state index is 0.0195. The van der Waals surface area contributed by atoms with E-state index in [1.54, 1.807) is 23.1 Å². The number of carbonyl (C=O) groups is 1. The number of nitrogens with two attached hydrogens (primary N) is 1. The van der Waals surface area contributed by atoms with Gasteiger partial charge in [0.25, 0.3) is 5.91 Å². The summed E-state index contributed by atoms with van der Waals surface area (Å²) < 4.78 is 5.40. The van der Waals surface area contributed by atoms with Gasteiger partial charge in [-0.25, -0.2) is 0 Å². The molecule has 0 aromatic heterocycles. The van der Waals surface area contributed by atoms with Crippen LogP contribution >= 0.6 is 0 Å². The monoisotopic (exact) mass is 264 g/mol. The van der Waals surface area contributed by atoms with Gasteiger partial charge in [0.2, 0.25) is 0 Å². The van der Waals surface area contributed by atoms with Crippen LogP contribution < -0.4 is 10.5 Å². The molecule has 0 aliphatic carbocycles. The fourth-order valence-corrected chi connectivity index (χ4v) is 1.77. The third-order valence-corrected chi connectivity index (χ3v) is 2.88. The number of nitrogen functional groups attached to an aromatic ring is 1. The van der Waals surface area contributed by atoms with Crippen molar-refractivity contribution in [1.29, 1.82) is 0 Å². The third-order valence-electron chi connectivity index (χ3n) is 2.88. The lowest BCUT2D eigenvalue weighted by Crippen LogP contribution is -2.28. The van der Waals surface area contributed by atoms with Gasteiger partial charge in [-0.05, 0) is 31.4 Å². The molecule has 0 saturated carbocycles. The van der Waals surface area contributed by atoms with E-state index in [1.807, 2.05) is 14.0 Å². The maximum atomic E-state index is 12.3. The highest BCUT2D eigenvalue weighted by molar-refractivity contribution is 5.95. The van der Waals surface area contributed by atoms with E-state index in [4.69, 9.17) is 10.5 Å². The van der Waals surface area contributed by atoms with Crippen LogP contribution in [0.1, 0.15) is 37.6 Å². The summed E-state index contributed by atoms with van der Waals surface area (Å²) in [5, 5.41) is 0. The zero-order valence-corrected chi connectivity index (χ0v) is 12.3. The number of rotatable bonds is 6. The molecule has 1 amide bonds. The lowest BCUT2D eigenvalue weighted by molar-refractivity contribution is 0.0788. The van der Waals surface area contributed by atoms with Gasteiger partial charge in [0.15, 0.2) is 0 Å². The van der Waals surface area contributed by atoms with Crippen molar-refractivity contribution in [3.63, 3.8) is 0 Å².